The summed E-state index contributed by atoms with van der Waals surface area (Å²) in [6, 6.07) is 0. The van der Waals surface area contributed by atoms with Crippen LogP contribution in [0.25, 0.3) is 0 Å². The van der Waals surface area contributed by atoms with Gasteiger partial charge < -0.3 is 4.74 Å². The van der Waals surface area contributed by atoms with Crippen LogP contribution in [0.3, 0.4) is 0 Å². The fraction of sp³-hybridized carbons (Fsp3) is 0.400. The molecule has 1 heteroatoms. The lowest BCUT2D eigenvalue weighted by Gasteiger charge is -1.98. The van der Waals surface area contributed by atoms with E-state index in [2.05, 4.69) is 0 Å². The Morgan fingerprint density at radius 2 is 1.91 bits per heavy atom. The van der Waals surface area contributed by atoms with Crippen LogP contribution in [0.5, 0.6) is 0 Å². The summed E-state index contributed by atoms with van der Waals surface area (Å²) < 4.78 is 5.07. The minimum Gasteiger partial charge on any atom is -0.497 e. The molecule has 0 spiro atoms. The zero-order valence-electron chi connectivity index (χ0n) is 7.72. The van der Waals surface area contributed by atoms with Crippen LogP contribution < -0.4 is 0 Å². The van der Waals surface area contributed by atoms with Gasteiger partial charge in [-0.1, -0.05) is 12.2 Å². The van der Waals surface area contributed by atoms with Gasteiger partial charge in [0.15, 0.2) is 0 Å². The standard InChI is InChI=1S/C10H16O/c1-5-7-9(3)8-10(6-2)11-4/h5-8H,1-4H3/b7-5+,9-8-,10-6+. The Morgan fingerprint density at radius 1 is 1.27 bits per heavy atom. The quantitative estimate of drug-likeness (QED) is 0.446. The van der Waals surface area contributed by atoms with Gasteiger partial charge in [-0.15, -0.1) is 0 Å². The molecule has 62 valence electrons. The molecule has 0 saturated heterocycles. The van der Waals surface area contributed by atoms with E-state index in [4.69, 9.17) is 4.74 Å². The van der Waals surface area contributed by atoms with Gasteiger partial charge in [0, 0.05) is 0 Å². The van der Waals surface area contributed by atoms with E-state index in [-0.39, 0.29) is 0 Å². The second-order valence-electron chi connectivity index (χ2n) is 2.28. The first-order valence-electron chi connectivity index (χ1n) is 3.76. The van der Waals surface area contributed by atoms with Crippen LogP contribution in [0.4, 0.5) is 0 Å². The molecule has 0 fully saturated rings. The van der Waals surface area contributed by atoms with E-state index in [0.29, 0.717) is 0 Å². The SMILES string of the molecule is C/C=C/C(C)=C\C(=C/C)OC. The van der Waals surface area contributed by atoms with Crippen molar-refractivity contribution in [2.45, 2.75) is 20.8 Å². The van der Waals surface area contributed by atoms with Gasteiger partial charge in [-0.2, -0.15) is 0 Å². The lowest BCUT2D eigenvalue weighted by molar-refractivity contribution is 0.306. The van der Waals surface area contributed by atoms with Crippen molar-refractivity contribution in [3.63, 3.8) is 0 Å². The molecule has 0 rings (SSSR count). The van der Waals surface area contributed by atoms with Gasteiger partial charge in [0.2, 0.25) is 0 Å². The van der Waals surface area contributed by atoms with E-state index in [0.717, 1.165) is 5.76 Å². The maximum absolute atomic E-state index is 5.07. The smallest absolute Gasteiger partial charge is 0.114 e. The van der Waals surface area contributed by atoms with E-state index >= 15 is 0 Å². The summed E-state index contributed by atoms with van der Waals surface area (Å²) in [5, 5.41) is 0. The van der Waals surface area contributed by atoms with Crippen LogP contribution >= 0.6 is 0 Å². The number of rotatable bonds is 3. The minimum absolute atomic E-state index is 0.903. The first-order chi connectivity index (χ1) is 5.24. The number of hydrogen-bond donors (Lipinski definition) is 0. The summed E-state index contributed by atoms with van der Waals surface area (Å²) in [4.78, 5) is 0. The van der Waals surface area contributed by atoms with Gasteiger partial charge in [0.1, 0.15) is 5.76 Å². The van der Waals surface area contributed by atoms with Gasteiger partial charge in [-0.25, -0.2) is 0 Å². The van der Waals surface area contributed by atoms with Crippen LogP contribution in [0.15, 0.2) is 35.6 Å². The third-order valence-electron chi connectivity index (χ3n) is 1.32. The van der Waals surface area contributed by atoms with Crippen LogP contribution in [0.1, 0.15) is 20.8 Å². The predicted molar refractivity (Wildman–Crippen MR) is 49.3 cm³/mol. The molecule has 0 N–H and O–H groups in total. The van der Waals surface area contributed by atoms with Crippen LogP contribution in [-0.4, -0.2) is 7.11 Å². The molecule has 0 saturated carbocycles. The van der Waals surface area contributed by atoms with E-state index in [1.54, 1.807) is 7.11 Å². The topological polar surface area (TPSA) is 9.23 Å². The minimum atomic E-state index is 0.903. The molecule has 0 aliphatic heterocycles. The summed E-state index contributed by atoms with van der Waals surface area (Å²) >= 11 is 0. The van der Waals surface area contributed by atoms with E-state index in [1.165, 1.54) is 5.57 Å². The molecule has 0 aliphatic rings. The van der Waals surface area contributed by atoms with Crippen molar-refractivity contribution in [3.8, 4) is 0 Å². The molecular weight excluding hydrogens is 136 g/mol. The van der Waals surface area contributed by atoms with Crippen molar-refractivity contribution in [1.82, 2.24) is 0 Å². The Morgan fingerprint density at radius 3 is 2.27 bits per heavy atom. The Balaban J connectivity index is 4.27. The molecule has 0 radical (unpaired) electrons. The molecule has 0 heterocycles. The predicted octanol–water partition coefficient (Wildman–Crippen LogP) is 3.06. The van der Waals surface area contributed by atoms with Crippen molar-refractivity contribution in [1.29, 1.82) is 0 Å². The van der Waals surface area contributed by atoms with Crippen molar-refractivity contribution >= 4 is 0 Å². The van der Waals surface area contributed by atoms with Gasteiger partial charge in [-0.3, -0.25) is 0 Å². The molecule has 0 bridgehead atoms. The lowest BCUT2D eigenvalue weighted by Crippen LogP contribution is -1.81. The first-order valence-corrected chi connectivity index (χ1v) is 3.76. The van der Waals surface area contributed by atoms with Gasteiger partial charge in [0.05, 0.1) is 7.11 Å². The monoisotopic (exact) mass is 152 g/mol. The Kier molecular flexibility index (Phi) is 5.26. The summed E-state index contributed by atoms with van der Waals surface area (Å²) in [7, 11) is 1.68. The fourth-order valence-corrected chi connectivity index (χ4v) is 0.796. The maximum Gasteiger partial charge on any atom is 0.114 e. The van der Waals surface area contributed by atoms with Crippen LogP contribution in [0, 0.1) is 0 Å². The summed E-state index contributed by atoms with van der Waals surface area (Å²) in [6.07, 6.45) is 7.99. The van der Waals surface area contributed by atoms with Crippen molar-refractivity contribution in [3.05, 3.63) is 35.6 Å². The number of allylic oxidation sites excluding steroid dienone is 5. The maximum atomic E-state index is 5.07. The van der Waals surface area contributed by atoms with Crippen molar-refractivity contribution in [2.75, 3.05) is 7.11 Å². The molecule has 0 aliphatic carbocycles. The van der Waals surface area contributed by atoms with Crippen LogP contribution in [-0.2, 0) is 4.74 Å². The van der Waals surface area contributed by atoms with Crippen molar-refractivity contribution in [2.24, 2.45) is 0 Å². The molecule has 0 atom stereocenters. The fourth-order valence-electron chi connectivity index (χ4n) is 0.796. The zero-order valence-corrected chi connectivity index (χ0v) is 7.72. The zero-order chi connectivity index (χ0) is 8.69. The van der Waals surface area contributed by atoms with E-state index in [9.17, 15) is 0 Å². The van der Waals surface area contributed by atoms with Gasteiger partial charge in [-0.05, 0) is 38.5 Å². The molecule has 0 amide bonds. The highest BCUT2D eigenvalue weighted by Crippen LogP contribution is 2.03. The van der Waals surface area contributed by atoms with Crippen LogP contribution in [0.2, 0.25) is 0 Å². The third-order valence-corrected chi connectivity index (χ3v) is 1.32. The molecule has 11 heavy (non-hydrogen) atoms. The molecular formula is C10H16O. The Hall–Kier alpha value is -0.980. The average Bonchev–Trinajstić information content (AvgIpc) is 2.01. The van der Waals surface area contributed by atoms with Gasteiger partial charge in [0.25, 0.3) is 0 Å². The summed E-state index contributed by atoms with van der Waals surface area (Å²) in [5.41, 5.74) is 1.20. The number of hydrogen-bond acceptors (Lipinski definition) is 1. The summed E-state index contributed by atoms with van der Waals surface area (Å²) in [5.74, 6) is 0.903. The van der Waals surface area contributed by atoms with E-state index in [1.807, 2.05) is 45.1 Å². The molecule has 0 unspecified atom stereocenters. The third kappa shape index (κ3) is 4.43. The largest absolute Gasteiger partial charge is 0.497 e. The highest BCUT2D eigenvalue weighted by Gasteiger charge is 1.87. The molecule has 0 aromatic heterocycles. The summed E-state index contributed by atoms with van der Waals surface area (Å²) in [6.45, 7) is 6.00. The number of methoxy groups -OCH3 is 1. The highest BCUT2D eigenvalue weighted by atomic mass is 16.5. The molecule has 1 nitrogen and oxygen atoms in total. The number of ether oxygens (including phenoxy) is 1. The lowest BCUT2D eigenvalue weighted by atomic mass is 10.2. The van der Waals surface area contributed by atoms with Gasteiger partial charge >= 0.3 is 0 Å². The second-order valence-corrected chi connectivity index (χ2v) is 2.28. The normalized spacial score (nSPS) is 14.2. The van der Waals surface area contributed by atoms with Crippen molar-refractivity contribution < 1.29 is 4.74 Å². The Bertz CT molecular complexity index is 185. The highest BCUT2D eigenvalue weighted by molar-refractivity contribution is 5.24. The van der Waals surface area contributed by atoms with E-state index < -0.39 is 0 Å². The molecule has 0 aromatic rings. The Labute approximate surface area is 69.1 Å². The first kappa shape index (κ1) is 10.0. The molecule has 0 aromatic carbocycles. The average molecular weight is 152 g/mol. The second kappa shape index (κ2) is 5.78.